The molecule has 2 fully saturated rings. The number of rotatable bonds is 5. The van der Waals surface area contributed by atoms with E-state index in [0.717, 1.165) is 12.8 Å². The highest BCUT2D eigenvalue weighted by atomic mass is 35.5. The second-order valence-electron chi connectivity index (χ2n) is 5.33. The van der Waals surface area contributed by atoms with Crippen LogP contribution in [0.15, 0.2) is 0 Å². The number of piperidine rings is 1. The summed E-state index contributed by atoms with van der Waals surface area (Å²) in [6.07, 6.45) is 4.32. The minimum Gasteiger partial charge on any atom is -0.330 e. The molecule has 0 aromatic heterocycles. The van der Waals surface area contributed by atoms with Gasteiger partial charge >= 0.3 is 0 Å². The first-order valence-corrected chi connectivity index (χ1v) is 7.85. The maximum absolute atomic E-state index is 12.3. The molecule has 1 heterocycles. The molecule has 2 N–H and O–H groups in total. The van der Waals surface area contributed by atoms with E-state index in [2.05, 4.69) is 0 Å². The molecule has 1 aliphatic heterocycles. The van der Waals surface area contributed by atoms with Crippen LogP contribution in [0.1, 0.15) is 25.7 Å². The van der Waals surface area contributed by atoms with Crippen LogP contribution in [-0.4, -0.2) is 50.3 Å². The number of hydrogen-bond acceptors (Lipinski definition) is 3. The zero-order valence-corrected chi connectivity index (χ0v) is 12.5. The summed E-state index contributed by atoms with van der Waals surface area (Å²) in [5.74, 6) is 0.915. The maximum Gasteiger partial charge on any atom is 0.281 e. The molecule has 1 saturated heterocycles. The van der Waals surface area contributed by atoms with Crippen molar-refractivity contribution < 1.29 is 8.42 Å². The van der Waals surface area contributed by atoms with Crippen LogP contribution < -0.4 is 5.73 Å². The molecule has 1 saturated carbocycles. The van der Waals surface area contributed by atoms with E-state index in [1.807, 2.05) is 0 Å². The van der Waals surface area contributed by atoms with Crippen LogP contribution in [0.5, 0.6) is 0 Å². The fourth-order valence-corrected chi connectivity index (χ4v) is 3.94. The SMILES string of the molecule is CN(CC1CC1)S(=O)(=O)N1CCCC(CN)C1.Cl. The average Bonchev–Trinajstić information content (AvgIpc) is 3.13. The number of halogens is 1. The van der Waals surface area contributed by atoms with Crippen molar-refractivity contribution in [2.24, 2.45) is 17.6 Å². The quantitative estimate of drug-likeness (QED) is 0.811. The summed E-state index contributed by atoms with van der Waals surface area (Å²) in [7, 11) is -1.55. The summed E-state index contributed by atoms with van der Waals surface area (Å²) in [4.78, 5) is 0. The van der Waals surface area contributed by atoms with Crippen molar-refractivity contribution in [1.29, 1.82) is 0 Å². The highest BCUT2D eigenvalue weighted by Crippen LogP contribution is 2.30. The van der Waals surface area contributed by atoms with Gasteiger partial charge in [-0.25, -0.2) is 0 Å². The van der Waals surface area contributed by atoms with Gasteiger partial charge in [0.05, 0.1) is 0 Å². The molecule has 0 amide bonds. The first kappa shape index (κ1) is 16.2. The van der Waals surface area contributed by atoms with Gasteiger partial charge in [-0.05, 0) is 44.1 Å². The minimum atomic E-state index is -3.25. The maximum atomic E-state index is 12.3. The first-order valence-electron chi connectivity index (χ1n) is 6.45. The molecule has 0 spiro atoms. The lowest BCUT2D eigenvalue weighted by atomic mass is 10.0. The van der Waals surface area contributed by atoms with Crippen molar-refractivity contribution in [3.8, 4) is 0 Å². The average molecular weight is 298 g/mol. The van der Waals surface area contributed by atoms with Crippen LogP contribution in [0, 0.1) is 11.8 Å². The topological polar surface area (TPSA) is 66.6 Å². The molecule has 5 nitrogen and oxygen atoms in total. The number of nitrogens with zero attached hydrogens (tertiary/aromatic N) is 2. The van der Waals surface area contributed by atoms with Crippen molar-refractivity contribution in [3.63, 3.8) is 0 Å². The van der Waals surface area contributed by atoms with E-state index in [1.165, 1.54) is 17.1 Å². The minimum absolute atomic E-state index is 0. The van der Waals surface area contributed by atoms with Gasteiger partial charge in [0, 0.05) is 26.7 Å². The summed E-state index contributed by atoms with van der Waals surface area (Å²) in [5.41, 5.74) is 5.64. The Morgan fingerprint density at radius 1 is 1.28 bits per heavy atom. The monoisotopic (exact) mass is 297 g/mol. The molecule has 0 bridgehead atoms. The third kappa shape index (κ3) is 3.81. The van der Waals surface area contributed by atoms with Crippen LogP contribution in [-0.2, 0) is 10.2 Å². The van der Waals surface area contributed by atoms with E-state index in [0.29, 0.717) is 38.0 Å². The van der Waals surface area contributed by atoms with Gasteiger partial charge in [0.25, 0.3) is 10.2 Å². The molecule has 0 radical (unpaired) electrons. The fourth-order valence-electron chi connectivity index (χ4n) is 2.38. The largest absolute Gasteiger partial charge is 0.330 e. The van der Waals surface area contributed by atoms with Gasteiger partial charge < -0.3 is 5.73 Å². The summed E-state index contributed by atoms with van der Waals surface area (Å²) in [5, 5.41) is 0. The van der Waals surface area contributed by atoms with E-state index in [4.69, 9.17) is 5.73 Å². The molecule has 2 aliphatic rings. The van der Waals surface area contributed by atoms with Crippen molar-refractivity contribution >= 4 is 22.6 Å². The second kappa shape index (κ2) is 6.52. The molecular formula is C11H24ClN3O2S. The van der Waals surface area contributed by atoms with E-state index < -0.39 is 10.2 Å². The summed E-state index contributed by atoms with van der Waals surface area (Å²) in [6, 6.07) is 0. The predicted molar refractivity (Wildman–Crippen MR) is 74.9 cm³/mol. The van der Waals surface area contributed by atoms with Gasteiger partial charge in [-0.3, -0.25) is 0 Å². The molecule has 1 atom stereocenters. The van der Waals surface area contributed by atoms with Crippen LogP contribution >= 0.6 is 12.4 Å². The van der Waals surface area contributed by atoms with E-state index in [-0.39, 0.29) is 12.4 Å². The van der Waals surface area contributed by atoms with Crippen LogP contribution in [0.25, 0.3) is 0 Å². The van der Waals surface area contributed by atoms with E-state index in [9.17, 15) is 8.42 Å². The fraction of sp³-hybridized carbons (Fsp3) is 1.00. The molecule has 0 aromatic rings. The second-order valence-corrected chi connectivity index (χ2v) is 7.37. The zero-order valence-electron chi connectivity index (χ0n) is 10.9. The smallest absolute Gasteiger partial charge is 0.281 e. The summed E-state index contributed by atoms with van der Waals surface area (Å²) >= 11 is 0. The van der Waals surface area contributed by atoms with Crippen molar-refractivity contribution in [1.82, 2.24) is 8.61 Å². The normalized spacial score (nSPS) is 26.1. The van der Waals surface area contributed by atoms with Gasteiger partial charge in [-0.1, -0.05) is 0 Å². The number of hydrogen-bond donors (Lipinski definition) is 1. The first-order chi connectivity index (χ1) is 8.04. The Kier molecular flexibility index (Phi) is 5.86. The molecular weight excluding hydrogens is 274 g/mol. The van der Waals surface area contributed by atoms with E-state index >= 15 is 0 Å². The van der Waals surface area contributed by atoms with Gasteiger partial charge in [-0.15, -0.1) is 12.4 Å². The van der Waals surface area contributed by atoms with Gasteiger partial charge in [0.2, 0.25) is 0 Å². The third-order valence-electron chi connectivity index (χ3n) is 3.75. The molecule has 7 heteroatoms. The highest BCUT2D eigenvalue weighted by molar-refractivity contribution is 7.86. The third-order valence-corrected chi connectivity index (χ3v) is 5.67. The Bertz CT molecular complexity index is 359. The standard InChI is InChI=1S/C11H23N3O2S.ClH/c1-13(8-10-4-5-10)17(15,16)14-6-2-3-11(7-12)9-14;/h10-11H,2-9,12H2,1H3;1H. The Morgan fingerprint density at radius 2 is 1.94 bits per heavy atom. The van der Waals surface area contributed by atoms with Crippen molar-refractivity contribution in [2.45, 2.75) is 25.7 Å². The number of nitrogens with two attached hydrogens (primary N) is 1. The van der Waals surface area contributed by atoms with Crippen molar-refractivity contribution in [2.75, 3.05) is 33.2 Å². The molecule has 0 aromatic carbocycles. The Labute approximate surface area is 116 Å². The van der Waals surface area contributed by atoms with Crippen LogP contribution in [0.2, 0.25) is 0 Å². The van der Waals surface area contributed by atoms with Gasteiger partial charge in [0.1, 0.15) is 0 Å². The lowest BCUT2D eigenvalue weighted by molar-refractivity contribution is 0.254. The lowest BCUT2D eigenvalue weighted by Gasteiger charge is -2.34. The van der Waals surface area contributed by atoms with Crippen molar-refractivity contribution in [3.05, 3.63) is 0 Å². The summed E-state index contributed by atoms with van der Waals surface area (Å²) in [6.45, 7) is 2.49. The molecule has 1 aliphatic carbocycles. The molecule has 108 valence electrons. The zero-order chi connectivity index (χ0) is 12.5. The Hall–Kier alpha value is 0.120. The molecule has 1 unspecified atom stereocenters. The highest BCUT2D eigenvalue weighted by Gasteiger charge is 2.34. The van der Waals surface area contributed by atoms with Crippen LogP contribution in [0.4, 0.5) is 0 Å². The Morgan fingerprint density at radius 3 is 2.50 bits per heavy atom. The Balaban J connectivity index is 0.00000162. The lowest BCUT2D eigenvalue weighted by Crippen LogP contribution is -2.48. The van der Waals surface area contributed by atoms with E-state index in [1.54, 1.807) is 11.4 Å². The molecule has 18 heavy (non-hydrogen) atoms. The van der Waals surface area contributed by atoms with Gasteiger partial charge in [-0.2, -0.15) is 17.0 Å². The van der Waals surface area contributed by atoms with Gasteiger partial charge in [0.15, 0.2) is 0 Å². The predicted octanol–water partition coefficient (Wildman–Crippen LogP) is 0.666. The molecule has 2 rings (SSSR count). The summed E-state index contributed by atoms with van der Waals surface area (Å²) < 4.78 is 27.8. The van der Waals surface area contributed by atoms with Crippen LogP contribution in [0.3, 0.4) is 0 Å².